The molecule has 0 unspecified atom stereocenters. The Kier molecular flexibility index (Phi) is 7.10. The smallest absolute Gasteiger partial charge is 0.234 e. The van der Waals surface area contributed by atoms with Gasteiger partial charge in [0.1, 0.15) is 5.94 Å². The molecule has 0 aliphatic rings. The summed E-state index contributed by atoms with van der Waals surface area (Å²) < 4.78 is 0. The average molecular weight is 303 g/mol. The van der Waals surface area contributed by atoms with Crippen molar-refractivity contribution in [1.29, 1.82) is 0 Å². The van der Waals surface area contributed by atoms with Gasteiger partial charge in [0, 0.05) is 0 Å². The molecule has 0 bridgehead atoms. The van der Waals surface area contributed by atoms with Gasteiger partial charge in [0.15, 0.2) is 0 Å². The van der Waals surface area contributed by atoms with Crippen molar-refractivity contribution in [2.45, 2.75) is 0 Å². The van der Waals surface area contributed by atoms with Crippen molar-refractivity contribution in [3.05, 3.63) is 84.4 Å². The van der Waals surface area contributed by atoms with E-state index in [2.05, 4.69) is 0 Å². The Morgan fingerprint density at radius 3 is 2.25 bits per heavy atom. The third-order valence-electron chi connectivity index (χ3n) is 2.67. The largest absolute Gasteiger partial charge is 2.00 e. The maximum atomic E-state index is 10.1. The molecule has 0 heterocycles. The first-order valence-electron chi connectivity index (χ1n) is 6.10. The van der Waals surface area contributed by atoms with Crippen molar-refractivity contribution < 1.29 is 21.9 Å². The molecular formula is C18H14FeO. The molecular weight excluding hydrogens is 289 g/mol. The molecule has 0 aliphatic carbocycles. The fourth-order valence-corrected chi connectivity index (χ4v) is 1.75. The molecule has 0 spiro atoms. The minimum absolute atomic E-state index is 0. The van der Waals surface area contributed by atoms with E-state index in [0.29, 0.717) is 0 Å². The molecule has 0 amide bonds. The van der Waals surface area contributed by atoms with Gasteiger partial charge in [-0.25, -0.2) is 16.9 Å². The van der Waals surface area contributed by atoms with Gasteiger partial charge in [-0.2, -0.15) is 18.2 Å². The molecule has 0 saturated heterocycles. The van der Waals surface area contributed by atoms with E-state index in [1.165, 1.54) is 6.08 Å². The number of hydrogen-bond donors (Lipinski definition) is 0. The third kappa shape index (κ3) is 4.87. The molecule has 100 valence electrons. The maximum absolute atomic E-state index is 10.1. The summed E-state index contributed by atoms with van der Waals surface area (Å²) in [6, 6.07) is 26.0. The fourth-order valence-electron chi connectivity index (χ4n) is 1.75. The average Bonchev–Trinajstić information content (AvgIpc) is 3.15. The SMILES string of the molecule is O=C=[13CH]c1cc[c-](-c2ccccc2)c1.[Fe+2].c1cc[cH-]c1. The molecule has 0 fully saturated rings. The van der Waals surface area contributed by atoms with Crippen LogP contribution in [0.2, 0.25) is 0 Å². The Morgan fingerprint density at radius 1 is 1.00 bits per heavy atom. The minimum Gasteiger partial charge on any atom is -0.234 e. The molecule has 2 heteroatoms. The third-order valence-corrected chi connectivity index (χ3v) is 2.67. The van der Waals surface area contributed by atoms with Crippen LogP contribution in [-0.4, -0.2) is 5.94 Å². The zero-order valence-corrected chi connectivity index (χ0v) is 11.9. The van der Waals surface area contributed by atoms with Crippen LogP contribution < -0.4 is 0 Å². The standard InChI is InChI=1S/C13H9O.C5H5.Fe/c14-9-8-11-6-7-13(10-11)12-4-2-1-3-5-12;1-2-4-5-3-1;/h1-8,10H;1-5H;/q2*-1;+2/i8+1;;. The van der Waals surface area contributed by atoms with E-state index in [-0.39, 0.29) is 17.1 Å². The summed E-state index contributed by atoms with van der Waals surface area (Å²) in [5.41, 5.74) is 3.20. The van der Waals surface area contributed by atoms with E-state index in [1.807, 2.05) is 78.9 Å². The maximum Gasteiger partial charge on any atom is 2.00 e. The van der Waals surface area contributed by atoms with E-state index >= 15 is 0 Å². The molecule has 0 radical (unpaired) electrons. The Bertz CT molecular complexity index is 612. The number of hydrogen-bond acceptors (Lipinski definition) is 1. The molecule has 0 atom stereocenters. The van der Waals surface area contributed by atoms with Gasteiger partial charge in [-0.1, -0.05) is 23.8 Å². The van der Waals surface area contributed by atoms with Gasteiger partial charge in [0.2, 0.25) is 0 Å². The first-order chi connectivity index (χ1) is 9.40. The second-order valence-corrected chi connectivity index (χ2v) is 4.02. The molecule has 0 aromatic heterocycles. The van der Waals surface area contributed by atoms with Gasteiger partial charge in [0.25, 0.3) is 0 Å². The zero-order valence-electron chi connectivity index (χ0n) is 10.8. The topological polar surface area (TPSA) is 17.1 Å². The van der Waals surface area contributed by atoms with Crippen LogP contribution in [0.1, 0.15) is 5.56 Å². The van der Waals surface area contributed by atoms with Crippen LogP contribution in [0, 0.1) is 0 Å². The molecule has 0 aliphatic heterocycles. The minimum atomic E-state index is 0. The fraction of sp³-hybridized carbons (Fsp3) is 0. The quantitative estimate of drug-likeness (QED) is 0.298. The molecule has 3 aromatic carbocycles. The summed E-state index contributed by atoms with van der Waals surface area (Å²) in [5.74, 6) is 1.77. The number of benzene rings is 1. The summed E-state index contributed by atoms with van der Waals surface area (Å²) in [6.45, 7) is 0. The monoisotopic (exact) mass is 303 g/mol. The van der Waals surface area contributed by atoms with Crippen LogP contribution in [0.25, 0.3) is 17.2 Å². The van der Waals surface area contributed by atoms with Crippen molar-refractivity contribution in [3.8, 4) is 11.1 Å². The van der Waals surface area contributed by atoms with Gasteiger partial charge in [0.05, 0.1) is 0 Å². The van der Waals surface area contributed by atoms with Crippen LogP contribution >= 0.6 is 0 Å². The molecule has 3 aromatic rings. The van der Waals surface area contributed by atoms with Crippen LogP contribution in [0.15, 0.2) is 78.9 Å². The van der Waals surface area contributed by atoms with Crippen LogP contribution in [0.5, 0.6) is 0 Å². The Hall–Kier alpha value is -2.11. The summed E-state index contributed by atoms with van der Waals surface area (Å²) in [4.78, 5) is 10.1. The summed E-state index contributed by atoms with van der Waals surface area (Å²) in [5, 5.41) is 0. The van der Waals surface area contributed by atoms with E-state index in [0.717, 1.165) is 16.7 Å². The Balaban J connectivity index is 0.000000283. The van der Waals surface area contributed by atoms with E-state index in [4.69, 9.17) is 0 Å². The predicted molar refractivity (Wildman–Crippen MR) is 79.7 cm³/mol. The molecule has 0 saturated carbocycles. The number of carbonyl (C=O) groups excluding carboxylic acids is 1. The summed E-state index contributed by atoms with van der Waals surface area (Å²) >= 11 is 0. The zero-order chi connectivity index (χ0) is 13.3. The summed E-state index contributed by atoms with van der Waals surface area (Å²) in [7, 11) is 0. The molecule has 0 N–H and O–H groups in total. The normalized spacial score (nSPS) is 8.60. The molecule has 3 rings (SSSR count). The van der Waals surface area contributed by atoms with Crippen molar-refractivity contribution in [1.82, 2.24) is 0 Å². The summed E-state index contributed by atoms with van der Waals surface area (Å²) in [6.07, 6.45) is 1.44. The van der Waals surface area contributed by atoms with Crippen molar-refractivity contribution in [2.24, 2.45) is 0 Å². The van der Waals surface area contributed by atoms with Crippen LogP contribution in [-0.2, 0) is 21.9 Å². The van der Waals surface area contributed by atoms with E-state index in [9.17, 15) is 4.79 Å². The van der Waals surface area contributed by atoms with E-state index < -0.39 is 0 Å². The van der Waals surface area contributed by atoms with Gasteiger partial charge in [-0.05, 0) is 6.08 Å². The van der Waals surface area contributed by atoms with Gasteiger partial charge in [-0.15, -0.1) is 41.5 Å². The first kappa shape index (κ1) is 15.9. The van der Waals surface area contributed by atoms with Gasteiger partial charge < -0.3 is 0 Å². The van der Waals surface area contributed by atoms with Crippen molar-refractivity contribution in [2.75, 3.05) is 0 Å². The van der Waals surface area contributed by atoms with Crippen LogP contribution in [0.3, 0.4) is 0 Å². The van der Waals surface area contributed by atoms with E-state index in [1.54, 1.807) is 5.94 Å². The molecule has 20 heavy (non-hydrogen) atoms. The van der Waals surface area contributed by atoms with Gasteiger partial charge >= 0.3 is 17.1 Å². The first-order valence-corrected chi connectivity index (χ1v) is 6.10. The van der Waals surface area contributed by atoms with Crippen molar-refractivity contribution >= 4 is 12.0 Å². The predicted octanol–water partition coefficient (Wildman–Crippen LogP) is 4.32. The Morgan fingerprint density at radius 2 is 1.70 bits per heavy atom. The Labute approximate surface area is 129 Å². The van der Waals surface area contributed by atoms with Crippen LogP contribution in [0.4, 0.5) is 0 Å². The number of rotatable bonds is 2. The second-order valence-electron chi connectivity index (χ2n) is 4.02. The molecule has 1 nitrogen and oxygen atoms in total. The van der Waals surface area contributed by atoms with Crippen molar-refractivity contribution in [3.63, 3.8) is 0 Å². The van der Waals surface area contributed by atoms with Gasteiger partial charge in [-0.3, -0.25) is 0 Å². The second kappa shape index (κ2) is 8.90.